The number of halogens is 2. The van der Waals surface area contributed by atoms with E-state index in [0.29, 0.717) is 6.17 Å². The smallest absolute Gasteiger partial charge is 0.0592 e. The van der Waals surface area contributed by atoms with Gasteiger partial charge in [0.25, 0.3) is 0 Å². The fraction of sp³-hybridized carbons (Fsp3) is 1.00. The lowest BCUT2D eigenvalue weighted by Crippen LogP contribution is -2.35. The third kappa shape index (κ3) is 3.06. The van der Waals surface area contributed by atoms with E-state index in [4.69, 9.17) is 0 Å². The second-order valence-corrected chi connectivity index (χ2v) is 2.43. The SMILES string of the molecule is CN[C@H]1CCCN1C.Cl.Cl. The zero-order valence-corrected chi connectivity index (χ0v) is 8.10. The van der Waals surface area contributed by atoms with Gasteiger partial charge in [-0.15, -0.1) is 24.8 Å². The standard InChI is InChI=1S/C6H14N2.2ClH/c1-7-6-4-3-5-8(6)2;;/h6-7H,3-5H2,1-2H3;2*1H/t6-;;/m1../s1. The third-order valence-corrected chi connectivity index (χ3v) is 1.85. The van der Waals surface area contributed by atoms with Crippen molar-refractivity contribution >= 4 is 24.8 Å². The summed E-state index contributed by atoms with van der Waals surface area (Å²) in [6, 6.07) is 0. The Bertz CT molecular complexity index is 80.1. The maximum Gasteiger partial charge on any atom is 0.0592 e. The van der Waals surface area contributed by atoms with Crippen LogP contribution in [0.4, 0.5) is 0 Å². The van der Waals surface area contributed by atoms with Crippen LogP contribution >= 0.6 is 24.8 Å². The first-order valence-corrected chi connectivity index (χ1v) is 3.22. The number of likely N-dealkylation sites (tertiary alicyclic amines) is 1. The Morgan fingerprint density at radius 3 is 2.20 bits per heavy atom. The Balaban J connectivity index is 0. The fourth-order valence-electron chi connectivity index (χ4n) is 1.27. The summed E-state index contributed by atoms with van der Waals surface area (Å²) < 4.78 is 0. The first-order valence-electron chi connectivity index (χ1n) is 3.22. The van der Waals surface area contributed by atoms with Crippen molar-refractivity contribution in [2.45, 2.75) is 19.0 Å². The molecular formula is C6H16Cl2N2. The monoisotopic (exact) mass is 186 g/mol. The van der Waals surface area contributed by atoms with Crippen molar-refractivity contribution in [1.29, 1.82) is 0 Å². The molecule has 1 rings (SSSR count). The average Bonchev–Trinajstić information content (AvgIpc) is 2.14. The van der Waals surface area contributed by atoms with Gasteiger partial charge in [0.05, 0.1) is 6.17 Å². The molecule has 0 spiro atoms. The van der Waals surface area contributed by atoms with Crippen LogP contribution in [0.1, 0.15) is 12.8 Å². The zero-order chi connectivity index (χ0) is 5.98. The van der Waals surface area contributed by atoms with Crippen LogP contribution in [0.15, 0.2) is 0 Å². The minimum absolute atomic E-state index is 0. The highest BCUT2D eigenvalue weighted by molar-refractivity contribution is 5.85. The topological polar surface area (TPSA) is 15.3 Å². The van der Waals surface area contributed by atoms with Crippen molar-refractivity contribution < 1.29 is 0 Å². The molecule has 1 atom stereocenters. The Hall–Kier alpha value is 0.500. The quantitative estimate of drug-likeness (QED) is 0.661. The van der Waals surface area contributed by atoms with E-state index in [1.807, 2.05) is 7.05 Å². The molecule has 10 heavy (non-hydrogen) atoms. The second kappa shape index (κ2) is 6.23. The zero-order valence-electron chi connectivity index (χ0n) is 6.46. The molecule has 0 aromatic carbocycles. The Morgan fingerprint density at radius 2 is 2.00 bits per heavy atom. The summed E-state index contributed by atoms with van der Waals surface area (Å²) in [6.07, 6.45) is 3.31. The highest BCUT2D eigenvalue weighted by Gasteiger charge is 2.17. The van der Waals surface area contributed by atoms with Crippen LogP contribution < -0.4 is 5.32 Å². The van der Waals surface area contributed by atoms with Gasteiger partial charge in [-0.25, -0.2) is 0 Å². The molecule has 0 amide bonds. The number of nitrogens with zero attached hydrogens (tertiary/aromatic N) is 1. The van der Waals surface area contributed by atoms with Gasteiger partial charge in [-0.1, -0.05) is 0 Å². The predicted octanol–water partition coefficient (Wildman–Crippen LogP) is 1.10. The van der Waals surface area contributed by atoms with Crippen LogP contribution in [-0.2, 0) is 0 Å². The molecule has 0 saturated carbocycles. The molecule has 0 radical (unpaired) electrons. The molecule has 64 valence electrons. The molecule has 2 nitrogen and oxygen atoms in total. The lowest BCUT2D eigenvalue weighted by Gasteiger charge is -2.17. The van der Waals surface area contributed by atoms with Crippen LogP contribution in [0.5, 0.6) is 0 Å². The van der Waals surface area contributed by atoms with E-state index in [1.54, 1.807) is 0 Å². The maximum absolute atomic E-state index is 3.24. The highest BCUT2D eigenvalue weighted by Crippen LogP contribution is 2.10. The van der Waals surface area contributed by atoms with Crippen molar-refractivity contribution in [2.24, 2.45) is 0 Å². The summed E-state index contributed by atoms with van der Waals surface area (Å²) in [5.41, 5.74) is 0. The van der Waals surface area contributed by atoms with Gasteiger partial charge < -0.3 is 5.32 Å². The van der Waals surface area contributed by atoms with Gasteiger partial charge in [0.1, 0.15) is 0 Å². The number of hydrogen-bond acceptors (Lipinski definition) is 2. The predicted molar refractivity (Wildman–Crippen MR) is 49.2 cm³/mol. The van der Waals surface area contributed by atoms with Gasteiger partial charge >= 0.3 is 0 Å². The largest absolute Gasteiger partial charge is 0.305 e. The van der Waals surface area contributed by atoms with Crippen molar-refractivity contribution in [1.82, 2.24) is 10.2 Å². The van der Waals surface area contributed by atoms with Crippen molar-refractivity contribution in [2.75, 3.05) is 20.6 Å². The molecular weight excluding hydrogens is 171 g/mol. The molecule has 1 heterocycles. The van der Waals surface area contributed by atoms with Gasteiger partial charge in [0.2, 0.25) is 0 Å². The number of rotatable bonds is 1. The molecule has 1 aliphatic heterocycles. The molecule has 4 heteroatoms. The summed E-state index contributed by atoms with van der Waals surface area (Å²) in [7, 11) is 4.18. The number of hydrogen-bond donors (Lipinski definition) is 1. The molecule has 1 fully saturated rings. The van der Waals surface area contributed by atoms with Crippen molar-refractivity contribution in [3.8, 4) is 0 Å². The molecule has 1 N–H and O–H groups in total. The fourth-order valence-corrected chi connectivity index (χ4v) is 1.27. The van der Waals surface area contributed by atoms with Crippen LogP contribution in [0.2, 0.25) is 0 Å². The van der Waals surface area contributed by atoms with Gasteiger partial charge in [-0.3, -0.25) is 4.90 Å². The lowest BCUT2D eigenvalue weighted by molar-refractivity contribution is 0.279. The first-order chi connectivity index (χ1) is 3.84. The van der Waals surface area contributed by atoms with E-state index in [-0.39, 0.29) is 24.8 Å². The van der Waals surface area contributed by atoms with Gasteiger partial charge in [-0.2, -0.15) is 0 Å². The Morgan fingerprint density at radius 1 is 1.40 bits per heavy atom. The third-order valence-electron chi connectivity index (χ3n) is 1.85. The first kappa shape index (κ1) is 13.1. The van der Waals surface area contributed by atoms with Crippen LogP contribution in [0.3, 0.4) is 0 Å². The molecule has 1 aliphatic rings. The van der Waals surface area contributed by atoms with Gasteiger partial charge in [0, 0.05) is 0 Å². The summed E-state index contributed by atoms with van der Waals surface area (Å²) >= 11 is 0. The van der Waals surface area contributed by atoms with Crippen molar-refractivity contribution in [3.05, 3.63) is 0 Å². The van der Waals surface area contributed by atoms with Gasteiger partial charge in [-0.05, 0) is 33.5 Å². The molecule has 1 saturated heterocycles. The molecule has 0 bridgehead atoms. The molecule has 0 unspecified atom stereocenters. The van der Waals surface area contributed by atoms with Crippen LogP contribution in [-0.4, -0.2) is 31.7 Å². The number of nitrogens with one attached hydrogen (secondary N) is 1. The van der Waals surface area contributed by atoms with E-state index in [9.17, 15) is 0 Å². The van der Waals surface area contributed by atoms with Crippen LogP contribution in [0, 0.1) is 0 Å². The summed E-state index contributed by atoms with van der Waals surface area (Å²) in [5, 5.41) is 3.24. The van der Waals surface area contributed by atoms with Gasteiger partial charge in [0.15, 0.2) is 0 Å². The maximum atomic E-state index is 3.24. The van der Waals surface area contributed by atoms with Crippen LogP contribution in [0.25, 0.3) is 0 Å². The molecule has 0 aliphatic carbocycles. The summed E-state index contributed by atoms with van der Waals surface area (Å²) in [6.45, 7) is 1.26. The Kier molecular flexibility index (Phi) is 8.17. The summed E-state index contributed by atoms with van der Waals surface area (Å²) in [4.78, 5) is 2.35. The average molecular weight is 187 g/mol. The highest BCUT2D eigenvalue weighted by atomic mass is 35.5. The molecule has 0 aromatic rings. The second-order valence-electron chi connectivity index (χ2n) is 2.43. The van der Waals surface area contributed by atoms with E-state index < -0.39 is 0 Å². The van der Waals surface area contributed by atoms with E-state index >= 15 is 0 Å². The van der Waals surface area contributed by atoms with Crippen molar-refractivity contribution in [3.63, 3.8) is 0 Å². The van der Waals surface area contributed by atoms with E-state index in [1.165, 1.54) is 19.4 Å². The Labute approximate surface area is 75.2 Å². The summed E-state index contributed by atoms with van der Waals surface area (Å²) in [5.74, 6) is 0. The lowest BCUT2D eigenvalue weighted by atomic mass is 10.3. The minimum atomic E-state index is 0. The van der Waals surface area contributed by atoms with E-state index in [0.717, 1.165) is 0 Å². The normalized spacial score (nSPS) is 25.2. The minimum Gasteiger partial charge on any atom is -0.305 e. The van der Waals surface area contributed by atoms with E-state index in [2.05, 4.69) is 17.3 Å². The molecule has 0 aromatic heterocycles.